The molecule has 0 fully saturated rings. The van der Waals surface area contributed by atoms with E-state index in [-0.39, 0.29) is 11.3 Å². The van der Waals surface area contributed by atoms with Crippen molar-refractivity contribution in [3.63, 3.8) is 0 Å². The van der Waals surface area contributed by atoms with Crippen LogP contribution in [0, 0.1) is 10.1 Å². The lowest BCUT2D eigenvalue weighted by atomic mass is 10.1. The number of unbranched alkanes of at least 4 members (excludes halogenated alkanes) is 1. The Labute approximate surface area is 104 Å². The summed E-state index contributed by atoms with van der Waals surface area (Å²) in [5, 5.41) is 13.7. The minimum absolute atomic E-state index is 0.0762. The van der Waals surface area contributed by atoms with Gasteiger partial charge in [-0.3, -0.25) is 14.9 Å². The molecule has 7 heteroatoms. The van der Waals surface area contributed by atoms with E-state index in [4.69, 9.17) is 11.5 Å². The van der Waals surface area contributed by atoms with Crippen LogP contribution in [0.2, 0.25) is 0 Å². The minimum atomic E-state index is -0.616. The molecular weight excluding hydrogens is 236 g/mol. The maximum absolute atomic E-state index is 11.0. The zero-order valence-electron chi connectivity index (χ0n) is 9.89. The summed E-state index contributed by atoms with van der Waals surface area (Å²) in [5.41, 5.74) is 10.9. The summed E-state index contributed by atoms with van der Waals surface area (Å²) in [6.45, 7) is 1.13. The molecule has 0 aliphatic heterocycles. The Morgan fingerprint density at radius 1 is 1.39 bits per heavy atom. The predicted molar refractivity (Wildman–Crippen MR) is 68.4 cm³/mol. The summed E-state index contributed by atoms with van der Waals surface area (Å²) >= 11 is 0. The Morgan fingerprint density at radius 2 is 2.11 bits per heavy atom. The molecule has 18 heavy (non-hydrogen) atoms. The molecule has 0 aliphatic rings. The fourth-order valence-electron chi connectivity index (χ4n) is 1.48. The molecule has 0 radical (unpaired) electrons. The highest BCUT2D eigenvalue weighted by molar-refractivity contribution is 5.94. The second-order valence-corrected chi connectivity index (χ2v) is 3.78. The van der Waals surface area contributed by atoms with Gasteiger partial charge in [0.15, 0.2) is 0 Å². The molecule has 7 nitrogen and oxygen atoms in total. The van der Waals surface area contributed by atoms with E-state index in [1.54, 1.807) is 0 Å². The number of amides is 1. The van der Waals surface area contributed by atoms with Crippen molar-refractivity contribution in [2.24, 2.45) is 11.5 Å². The van der Waals surface area contributed by atoms with Crippen molar-refractivity contribution >= 4 is 17.3 Å². The lowest BCUT2D eigenvalue weighted by Crippen LogP contribution is -2.12. The van der Waals surface area contributed by atoms with Crippen molar-refractivity contribution in [2.45, 2.75) is 12.8 Å². The fraction of sp³-hybridized carbons (Fsp3) is 0.364. The van der Waals surface area contributed by atoms with Gasteiger partial charge in [-0.05, 0) is 31.5 Å². The number of benzene rings is 1. The molecule has 0 aliphatic carbocycles. The maximum atomic E-state index is 11.0. The molecule has 0 atom stereocenters. The van der Waals surface area contributed by atoms with Crippen LogP contribution in [0.15, 0.2) is 18.2 Å². The van der Waals surface area contributed by atoms with Crippen molar-refractivity contribution in [3.8, 4) is 0 Å². The van der Waals surface area contributed by atoms with E-state index in [0.29, 0.717) is 18.8 Å². The first-order valence-corrected chi connectivity index (χ1v) is 5.58. The first-order chi connectivity index (χ1) is 8.56. The van der Waals surface area contributed by atoms with Gasteiger partial charge >= 0.3 is 0 Å². The van der Waals surface area contributed by atoms with E-state index in [1.165, 1.54) is 18.2 Å². The lowest BCUT2D eigenvalue weighted by molar-refractivity contribution is -0.384. The summed E-state index contributed by atoms with van der Waals surface area (Å²) in [5.74, 6) is -0.616. The largest absolute Gasteiger partial charge is 0.379 e. The van der Waals surface area contributed by atoms with Gasteiger partial charge in [-0.25, -0.2) is 0 Å². The number of nitro groups is 1. The normalized spacial score (nSPS) is 10.1. The number of rotatable bonds is 7. The van der Waals surface area contributed by atoms with Crippen LogP contribution in [0.3, 0.4) is 0 Å². The molecule has 1 aromatic carbocycles. The molecule has 0 saturated carbocycles. The second-order valence-electron chi connectivity index (χ2n) is 3.78. The quantitative estimate of drug-likeness (QED) is 0.377. The van der Waals surface area contributed by atoms with Crippen LogP contribution in [0.4, 0.5) is 11.4 Å². The zero-order valence-corrected chi connectivity index (χ0v) is 9.89. The Kier molecular flexibility index (Phi) is 5.06. The molecule has 0 aromatic heterocycles. The van der Waals surface area contributed by atoms with Gasteiger partial charge in [0.1, 0.15) is 5.69 Å². The molecule has 98 valence electrons. The summed E-state index contributed by atoms with van der Waals surface area (Å²) in [4.78, 5) is 21.3. The van der Waals surface area contributed by atoms with Gasteiger partial charge in [-0.1, -0.05) is 0 Å². The maximum Gasteiger partial charge on any atom is 0.292 e. The van der Waals surface area contributed by atoms with Crippen LogP contribution in [0.5, 0.6) is 0 Å². The number of hydrogen-bond acceptors (Lipinski definition) is 5. The number of carbonyl (C=O) groups excluding carboxylic acids is 1. The SMILES string of the molecule is NCCCCNc1cc(C(N)=O)ccc1[N+](=O)[O-]. The fourth-order valence-corrected chi connectivity index (χ4v) is 1.48. The first kappa shape index (κ1) is 13.9. The highest BCUT2D eigenvalue weighted by Crippen LogP contribution is 2.25. The van der Waals surface area contributed by atoms with Crippen LogP contribution < -0.4 is 16.8 Å². The summed E-state index contributed by atoms with van der Waals surface area (Å²) in [6, 6.07) is 4.00. The van der Waals surface area contributed by atoms with Gasteiger partial charge in [0.2, 0.25) is 5.91 Å². The minimum Gasteiger partial charge on any atom is -0.379 e. The lowest BCUT2D eigenvalue weighted by Gasteiger charge is -2.07. The Bertz CT molecular complexity index is 448. The van der Waals surface area contributed by atoms with E-state index in [0.717, 1.165) is 12.8 Å². The van der Waals surface area contributed by atoms with Crippen LogP contribution in [-0.4, -0.2) is 23.9 Å². The number of nitrogens with one attached hydrogen (secondary N) is 1. The molecule has 0 unspecified atom stereocenters. The number of anilines is 1. The molecule has 0 bridgehead atoms. The van der Waals surface area contributed by atoms with Crippen molar-refractivity contribution in [1.29, 1.82) is 0 Å². The Morgan fingerprint density at radius 3 is 2.67 bits per heavy atom. The molecule has 1 rings (SSSR count). The van der Waals surface area contributed by atoms with Crippen LogP contribution >= 0.6 is 0 Å². The van der Waals surface area contributed by atoms with Gasteiger partial charge in [0.05, 0.1) is 4.92 Å². The van der Waals surface area contributed by atoms with Gasteiger partial charge in [0.25, 0.3) is 5.69 Å². The Balaban J connectivity index is 2.86. The van der Waals surface area contributed by atoms with E-state index in [1.807, 2.05) is 0 Å². The first-order valence-electron chi connectivity index (χ1n) is 5.58. The van der Waals surface area contributed by atoms with E-state index in [2.05, 4.69) is 5.32 Å². The predicted octanol–water partition coefficient (Wildman–Crippen LogP) is 0.845. The van der Waals surface area contributed by atoms with Crippen molar-refractivity contribution in [3.05, 3.63) is 33.9 Å². The number of hydrogen-bond donors (Lipinski definition) is 3. The molecule has 1 aromatic rings. The van der Waals surface area contributed by atoms with Gasteiger partial charge in [-0.15, -0.1) is 0 Å². The number of nitrogens with two attached hydrogens (primary N) is 2. The smallest absolute Gasteiger partial charge is 0.292 e. The standard InChI is InChI=1S/C11H16N4O3/c12-5-1-2-6-14-9-7-8(11(13)16)3-4-10(9)15(17)18/h3-4,7,14H,1-2,5-6,12H2,(H2,13,16). The zero-order chi connectivity index (χ0) is 13.5. The third-order valence-electron chi connectivity index (χ3n) is 2.42. The number of nitro benzene ring substituents is 1. The average Bonchev–Trinajstić information content (AvgIpc) is 2.34. The highest BCUT2D eigenvalue weighted by Gasteiger charge is 2.15. The summed E-state index contributed by atoms with van der Waals surface area (Å²) < 4.78 is 0. The van der Waals surface area contributed by atoms with Crippen LogP contribution in [0.25, 0.3) is 0 Å². The number of primary amides is 1. The van der Waals surface area contributed by atoms with E-state index < -0.39 is 10.8 Å². The highest BCUT2D eigenvalue weighted by atomic mass is 16.6. The Hall–Kier alpha value is -2.15. The van der Waals surface area contributed by atoms with Crippen molar-refractivity contribution in [2.75, 3.05) is 18.4 Å². The molecule has 5 N–H and O–H groups in total. The van der Waals surface area contributed by atoms with Gasteiger partial charge < -0.3 is 16.8 Å². The topological polar surface area (TPSA) is 124 Å². The van der Waals surface area contributed by atoms with Crippen LogP contribution in [-0.2, 0) is 0 Å². The third kappa shape index (κ3) is 3.70. The third-order valence-corrected chi connectivity index (χ3v) is 2.42. The second kappa shape index (κ2) is 6.55. The van der Waals surface area contributed by atoms with Gasteiger partial charge in [-0.2, -0.15) is 0 Å². The van der Waals surface area contributed by atoms with E-state index >= 15 is 0 Å². The van der Waals surface area contributed by atoms with Crippen LogP contribution in [0.1, 0.15) is 23.2 Å². The van der Waals surface area contributed by atoms with E-state index in [9.17, 15) is 14.9 Å². The van der Waals surface area contributed by atoms with Gasteiger partial charge in [0, 0.05) is 18.2 Å². The number of carbonyl (C=O) groups is 1. The average molecular weight is 252 g/mol. The molecular formula is C11H16N4O3. The summed E-state index contributed by atoms with van der Waals surface area (Å²) in [7, 11) is 0. The summed E-state index contributed by atoms with van der Waals surface area (Å²) in [6.07, 6.45) is 1.63. The number of nitrogens with zero attached hydrogens (tertiary/aromatic N) is 1. The monoisotopic (exact) mass is 252 g/mol. The van der Waals surface area contributed by atoms with Crippen molar-refractivity contribution < 1.29 is 9.72 Å². The molecule has 0 saturated heterocycles. The molecule has 0 heterocycles. The van der Waals surface area contributed by atoms with Crippen molar-refractivity contribution in [1.82, 2.24) is 0 Å². The molecule has 1 amide bonds. The molecule has 0 spiro atoms.